The van der Waals surface area contributed by atoms with Gasteiger partial charge in [0.15, 0.2) is 0 Å². The minimum Gasteiger partial charge on any atom is -0.497 e. The number of hydrogen-bond acceptors (Lipinski definition) is 9. The number of carbonyl (C=O) groups excluding carboxylic acids is 1. The average Bonchev–Trinajstić information content (AvgIpc) is 3.06. The Morgan fingerprint density at radius 2 is 1.80 bits per heavy atom. The maximum Gasteiger partial charge on any atom is 0.270 e. The third kappa shape index (κ3) is 6.14. The van der Waals surface area contributed by atoms with Gasteiger partial charge in [-0.05, 0) is 67.4 Å². The highest BCUT2D eigenvalue weighted by Crippen LogP contribution is 2.35. The minimum absolute atomic E-state index is 0.00517. The number of hydrogen-bond donors (Lipinski definition) is 2. The zero-order valence-electron chi connectivity index (χ0n) is 24.5. The van der Waals surface area contributed by atoms with Gasteiger partial charge in [0.2, 0.25) is 0 Å². The summed E-state index contributed by atoms with van der Waals surface area (Å²) in [4.78, 5) is 37.2. The first-order chi connectivity index (χ1) is 21.5. The predicted octanol–water partition coefficient (Wildman–Crippen LogP) is 4.89. The molecule has 2 aromatic heterocycles. The van der Waals surface area contributed by atoms with Crippen LogP contribution in [-0.4, -0.2) is 55.5 Å². The molecule has 44 heavy (non-hydrogen) atoms. The molecule has 1 fully saturated rings. The molecule has 0 radical (unpaired) electrons. The molecule has 2 aliphatic heterocycles. The Bertz CT molecular complexity index is 1720. The lowest BCUT2D eigenvalue weighted by molar-refractivity contribution is 0.0904. The number of fused-ring (bicyclic) bond motifs is 1. The summed E-state index contributed by atoms with van der Waals surface area (Å²) >= 11 is 0. The molecule has 1 saturated heterocycles. The molecule has 2 aliphatic rings. The number of methoxy groups -OCH3 is 1. The van der Waals surface area contributed by atoms with E-state index in [0.29, 0.717) is 48.4 Å². The number of para-hydroxylation sites is 1. The molecule has 0 unspecified atom stereocenters. The molecule has 6 rings (SSSR count). The van der Waals surface area contributed by atoms with E-state index >= 15 is 0 Å². The molecule has 0 aliphatic carbocycles. The number of anilines is 3. The summed E-state index contributed by atoms with van der Waals surface area (Å²) in [7, 11) is 3.22. The number of nitrogens with one attached hydrogen (secondary N) is 2. The average molecular weight is 596 g/mol. The van der Waals surface area contributed by atoms with Crippen LogP contribution in [0, 0.1) is 0 Å². The lowest BCUT2D eigenvalue weighted by Gasteiger charge is -2.28. The van der Waals surface area contributed by atoms with Crippen molar-refractivity contribution in [2.75, 3.05) is 49.7 Å². The second-order valence-electron chi connectivity index (χ2n) is 10.3. The number of aromatic nitrogens is 2. The lowest BCUT2D eigenvalue weighted by Crippen LogP contribution is -2.33. The van der Waals surface area contributed by atoms with E-state index in [9.17, 15) is 9.59 Å². The van der Waals surface area contributed by atoms with Crippen LogP contribution in [0.3, 0.4) is 0 Å². The highest BCUT2D eigenvalue weighted by Gasteiger charge is 2.24. The quantitative estimate of drug-likeness (QED) is 0.279. The van der Waals surface area contributed by atoms with Crippen LogP contribution in [0.2, 0.25) is 0 Å². The molecular formula is C33H33N5O6. The number of rotatable bonds is 9. The summed E-state index contributed by atoms with van der Waals surface area (Å²) in [5.41, 5.74) is 2.35. The number of carbonyl (C=O) groups is 1. The van der Waals surface area contributed by atoms with Crippen LogP contribution in [0.4, 0.5) is 17.2 Å². The Labute approximate surface area is 254 Å². The molecular weight excluding hydrogens is 562 g/mol. The molecule has 0 saturated carbocycles. The molecule has 1 amide bonds. The number of pyridine rings is 2. The van der Waals surface area contributed by atoms with Crippen molar-refractivity contribution in [3.8, 4) is 17.2 Å². The molecule has 2 aromatic carbocycles. The number of hydroxylamine groups is 1. The predicted molar refractivity (Wildman–Crippen MR) is 168 cm³/mol. The zero-order chi connectivity index (χ0) is 30.5. The van der Waals surface area contributed by atoms with E-state index in [2.05, 4.69) is 15.6 Å². The van der Waals surface area contributed by atoms with Gasteiger partial charge < -0.3 is 24.8 Å². The number of nitrogens with zero attached hydrogens (tertiary/aromatic N) is 3. The fourth-order valence-electron chi connectivity index (χ4n) is 5.25. The van der Waals surface area contributed by atoms with E-state index in [1.54, 1.807) is 43.7 Å². The van der Waals surface area contributed by atoms with E-state index in [1.165, 1.54) is 10.8 Å². The van der Waals surface area contributed by atoms with Gasteiger partial charge >= 0.3 is 0 Å². The zero-order valence-corrected chi connectivity index (χ0v) is 24.5. The Morgan fingerprint density at radius 1 is 1.00 bits per heavy atom. The summed E-state index contributed by atoms with van der Waals surface area (Å²) in [6, 6.07) is 20.0. The topological polar surface area (TPSA) is 116 Å². The van der Waals surface area contributed by atoms with Gasteiger partial charge in [-0.1, -0.05) is 18.2 Å². The second kappa shape index (κ2) is 13.0. The third-order valence-corrected chi connectivity index (χ3v) is 7.54. The van der Waals surface area contributed by atoms with Crippen molar-refractivity contribution >= 4 is 28.9 Å². The van der Waals surface area contributed by atoms with Gasteiger partial charge in [0, 0.05) is 36.7 Å². The van der Waals surface area contributed by atoms with Crippen LogP contribution in [-0.2, 0) is 9.57 Å². The smallest absolute Gasteiger partial charge is 0.270 e. The van der Waals surface area contributed by atoms with Gasteiger partial charge in [0.05, 0.1) is 38.3 Å². The third-order valence-electron chi connectivity index (χ3n) is 7.54. The Hall–Kier alpha value is -5.13. The molecule has 226 valence electrons. The summed E-state index contributed by atoms with van der Waals surface area (Å²) < 4.78 is 18.5. The minimum atomic E-state index is -0.563. The van der Waals surface area contributed by atoms with Crippen molar-refractivity contribution in [1.82, 2.24) is 9.55 Å². The standard InChI is InChI=1S/C33H33N5O6/c1-41-24-8-10-28-26(20-24)29(13-17-38(28)42-2)44-25-9-11-30(34-21-25)36-32(39)31-27(35-22-14-18-43-19-15-22)12-16-37(33(31)40)23-6-4-3-5-7-23/h3-13,16,20-22,35H,14-15,17-19H2,1-2H3,(H,34,36,39). The van der Waals surface area contributed by atoms with Crippen LogP contribution in [0.15, 0.2) is 90.0 Å². The molecule has 4 aromatic rings. The first kappa shape index (κ1) is 29.0. The normalized spacial score (nSPS) is 14.8. The molecule has 0 atom stereocenters. The van der Waals surface area contributed by atoms with E-state index in [-0.39, 0.29) is 17.4 Å². The van der Waals surface area contributed by atoms with Crippen molar-refractivity contribution in [3.63, 3.8) is 0 Å². The summed E-state index contributed by atoms with van der Waals surface area (Å²) in [6.07, 6.45) is 6.67. The summed E-state index contributed by atoms with van der Waals surface area (Å²) in [6.45, 7) is 1.74. The van der Waals surface area contributed by atoms with Gasteiger partial charge in [0.25, 0.3) is 11.5 Å². The SMILES string of the molecule is COc1ccc2c(c1)C(Oc1ccc(NC(=O)c3c(NC4CCOCC4)ccn(-c4ccccc4)c3=O)nc1)=CCN2OC. The maximum atomic E-state index is 13.7. The van der Waals surface area contributed by atoms with Crippen molar-refractivity contribution in [2.24, 2.45) is 0 Å². The van der Waals surface area contributed by atoms with Crippen molar-refractivity contribution < 1.29 is 23.8 Å². The lowest BCUT2D eigenvalue weighted by atomic mass is 10.1. The van der Waals surface area contributed by atoms with Gasteiger partial charge in [-0.25, -0.2) is 10.0 Å². The van der Waals surface area contributed by atoms with Crippen LogP contribution in [0.5, 0.6) is 11.5 Å². The molecule has 2 N–H and O–H groups in total. The largest absolute Gasteiger partial charge is 0.497 e. The fraction of sp³-hybridized carbons (Fsp3) is 0.242. The second-order valence-corrected chi connectivity index (χ2v) is 10.3. The molecule has 11 nitrogen and oxygen atoms in total. The first-order valence-electron chi connectivity index (χ1n) is 14.3. The highest BCUT2D eigenvalue weighted by atomic mass is 16.7. The number of benzene rings is 2. The Morgan fingerprint density at radius 3 is 2.52 bits per heavy atom. The number of ether oxygens (including phenoxy) is 3. The van der Waals surface area contributed by atoms with Crippen LogP contribution in [0.25, 0.3) is 11.4 Å². The highest BCUT2D eigenvalue weighted by molar-refractivity contribution is 6.07. The molecule has 0 spiro atoms. The molecule has 0 bridgehead atoms. The first-order valence-corrected chi connectivity index (χ1v) is 14.3. The van der Waals surface area contributed by atoms with Crippen molar-refractivity contribution in [3.05, 3.63) is 107 Å². The van der Waals surface area contributed by atoms with Crippen LogP contribution >= 0.6 is 0 Å². The van der Waals surface area contributed by atoms with Gasteiger partial charge in [0.1, 0.15) is 28.6 Å². The Balaban J connectivity index is 1.23. The Kier molecular flexibility index (Phi) is 8.57. The van der Waals surface area contributed by atoms with Gasteiger partial charge in [-0.15, -0.1) is 0 Å². The molecule has 4 heterocycles. The summed E-state index contributed by atoms with van der Waals surface area (Å²) in [5, 5.41) is 7.93. The fourth-order valence-corrected chi connectivity index (χ4v) is 5.25. The molecule has 11 heteroatoms. The monoisotopic (exact) mass is 595 g/mol. The van der Waals surface area contributed by atoms with E-state index in [0.717, 1.165) is 24.1 Å². The van der Waals surface area contributed by atoms with Gasteiger partial charge in [-0.2, -0.15) is 0 Å². The maximum absolute atomic E-state index is 13.7. The number of amides is 1. The van der Waals surface area contributed by atoms with Crippen LogP contribution < -0.4 is 30.7 Å². The van der Waals surface area contributed by atoms with Gasteiger partial charge in [-0.3, -0.25) is 19.0 Å². The van der Waals surface area contributed by atoms with Crippen molar-refractivity contribution in [1.29, 1.82) is 0 Å². The van der Waals surface area contributed by atoms with Crippen molar-refractivity contribution in [2.45, 2.75) is 18.9 Å². The van der Waals surface area contributed by atoms with E-state index < -0.39 is 11.5 Å². The van der Waals surface area contributed by atoms with E-state index in [4.69, 9.17) is 19.0 Å². The summed E-state index contributed by atoms with van der Waals surface area (Å²) in [5.74, 6) is 1.50. The van der Waals surface area contributed by atoms with E-state index in [1.807, 2.05) is 54.6 Å². The van der Waals surface area contributed by atoms with Crippen LogP contribution in [0.1, 0.15) is 28.8 Å².